The molecule has 0 atom stereocenters. The molecule has 23 heavy (non-hydrogen) atoms. The van der Waals surface area contributed by atoms with Crippen molar-refractivity contribution in [2.24, 2.45) is 0 Å². The van der Waals surface area contributed by atoms with Gasteiger partial charge in [0, 0.05) is 6.20 Å². The average Bonchev–Trinajstić information content (AvgIpc) is 2.93. The molecule has 1 amide bonds. The first-order chi connectivity index (χ1) is 11.1. The number of carbonyl (C=O) groups excluding carboxylic acids is 1. The van der Waals surface area contributed by atoms with Crippen molar-refractivity contribution < 1.29 is 9.53 Å². The number of nitrogens with one attached hydrogen (secondary N) is 1. The molecule has 118 valence electrons. The Bertz CT molecular complexity index is 873. The largest absolute Gasteiger partial charge is 0.495 e. The zero-order valence-electron chi connectivity index (χ0n) is 12.8. The predicted octanol–water partition coefficient (Wildman–Crippen LogP) is 3.81. The minimum Gasteiger partial charge on any atom is -0.495 e. The number of nitrogens with zero attached hydrogens (tertiary/aromatic N) is 2. The van der Waals surface area contributed by atoms with Gasteiger partial charge in [0.15, 0.2) is 0 Å². The zero-order chi connectivity index (χ0) is 16.4. The maximum atomic E-state index is 12.8. The van der Waals surface area contributed by atoms with E-state index in [4.69, 9.17) is 16.3 Å². The van der Waals surface area contributed by atoms with Crippen LogP contribution in [0.2, 0.25) is 5.02 Å². The van der Waals surface area contributed by atoms with Gasteiger partial charge in [-0.3, -0.25) is 9.20 Å². The van der Waals surface area contributed by atoms with Gasteiger partial charge in [-0.1, -0.05) is 30.7 Å². The Morgan fingerprint density at radius 3 is 2.83 bits per heavy atom. The first kappa shape index (κ1) is 15.4. The van der Waals surface area contributed by atoms with Gasteiger partial charge in [0.1, 0.15) is 17.1 Å². The molecule has 0 fully saturated rings. The van der Waals surface area contributed by atoms with Gasteiger partial charge >= 0.3 is 0 Å². The molecular formula is C17H16ClN3O2. The van der Waals surface area contributed by atoms with Crippen LogP contribution in [0.3, 0.4) is 0 Å². The molecule has 2 heterocycles. The van der Waals surface area contributed by atoms with Gasteiger partial charge in [0.2, 0.25) is 0 Å². The van der Waals surface area contributed by atoms with Crippen molar-refractivity contribution in [3.63, 3.8) is 0 Å². The van der Waals surface area contributed by atoms with Gasteiger partial charge in [0.25, 0.3) is 5.91 Å². The molecule has 0 aliphatic carbocycles. The molecule has 0 radical (unpaired) electrons. The Kier molecular flexibility index (Phi) is 4.21. The Hall–Kier alpha value is -2.53. The Morgan fingerprint density at radius 1 is 1.30 bits per heavy atom. The van der Waals surface area contributed by atoms with Crippen LogP contribution in [0, 0.1) is 0 Å². The highest BCUT2D eigenvalue weighted by Gasteiger charge is 2.19. The van der Waals surface area contributed by atoms with Crippen LogP contribution in [-0.2, 0) is 6.42 Å². The fourth-order valence-electron chi connectivity index (χ4n) is 2.48. The molecule has 0 saturated carbocycles. The molecule has 3 aromatic rings. The molecule has 5 nitrogen and oxygen atoms in total. The number of fused-ring (bicyclic) bond motifs is 1. The van der Waals surface area contributed by atoms with Crippen LogP contribution in [-0.4, -0.2) is 22.4 Å². The fourth-order valence-corrected chi connectivity index (χ4v) is 2.64. The maximum absolute atomic E-state index is 12.8. The van der Waals surface area contributed by atoms with Gasteiger partial charge in [-0.15, -0.1) is 0 Å². The minimum absolute atomic E-state index is 0.249. The van der Waals surface area contributed by atoms with Gasteiger partial charge < -0.3 is 10.1 Å². The van der Waals surface area contributed by atoms with Crippen LogP contribution < -0.4 is 10.1 Å². The van der Waals surface area contributed by atoms with Gasteiger partial charge in [-0.2, -0.15) is 0 Å². The summed E-state index contributed by atoms with van der Waals surface area (Å²) in [6.45, 7) is 1.96. The number of hydrogen-bond donors (Lipinski definition) is 1. The van der Waals surface area contributed by atoms with E-state index in [2.05, 4.69) is 10.3 Å². The maximum Gasteiger partial charge on any atom is 0.274 e. The molecule has 6 heteroatoms. The summed E-state index contributed by atoms with van der Waals surface area (Å²) >= 11 is 6.06. The number of rotatable bonds is 4. The normalized spacial score (nSPS) is 10.7. The number of carbonyl (C=O) groups is 1. The van der Waals surface area contributed by atoms with E-state index in [0.29, 0.717) is 34.2 Å². The monoisotopic (exact) mass is 329 g/mol. The number of methoxy groups -OCH3 is 1. The summed E-state index contributed by atoms with van der Waals surface area (Å²) in [5, 5.41) is 3.43. The molecule has 0 saturated heterocycles. The van der Waals surface area contributed by atoms with E-state index < -0.39 is 0 Å². The van der Waals surface area contributed by atoms with Crippen molar-refractivity contribution in [1.82, 2.24) is 9.38 Å². The van der Waals surface area contributed by atoms with Crippen molar-refractivity contribution in [2.75, 3.05) is 12.4 Å². The summed E-state index contributed by atoms with van der Waals surface area (Å²) in [5.74, 6) is 0.354. The smallest absolute Gasteiger partial charge is 0.274 e. The number of hydrogen-bond acceptors (Lipinski definition) is 3. The van der Waals surface area contributed by atoms with Crippen molar-refractivity contribution in [1.29, 1.82) is 0 Å². The lowest BCUT2D eigenvalue weighted by Gasteiger charge is -2.10. The highest BCUT2D eigenvalue weighted by molar-refractivity contribution is 6.30. The van der Waals surface area contributed by atoms with Crippen LogP contribution in [0.15, 0.2) is 42.6 Å². The number of anilines is 1. The third kappa shape index (κ3) is 2.87. The first-order valence-corrected chi connectivity index (χ1v) is 7.62. The van der Waals surface area contributed by atoms with E-state index in [1.165, 1.54) is 0 Å². The number of pyridine rings is 1. The van der Waals surface area contributed by atoms with Crippen LogP contribution in [0.25, 0.3) is 5.65 Å². The Balaban J connectivity index is 2.05. The van der Waals surface area contributed by atoms with Gasteiger partial charge in [-0.25, -0.2) is 4.98 Å². The Labute approximate surface area is 138 Å². The van der Waals surface area contributed by atoms with E-state index in [1.54, 1.807) is 42.0 Å². The molecular weight excluding hydrogens is 314 g/mol. The van der Waals surface area contributed by atoms with Crippen LogP contribution >= 0.6 is 11.6 Å². The van der Waals surface area contributed by atoms with Crippen molar-refractivity contribution in [2.45, 2.75) is 13.3 Å². The Morgan fingerprint density at radius 2 is 2.09 bits per heavy atom. The van der Waals surface area contributed by atoms with Crippen LogP contribution in [0.1, 0.15) is 23.1 Å². The third-order valence-corrected chi connectivity index (χ3v) is 3.78. The molecule has 1 N–H and O–H groups in total. The third-order valence-electron chi connectivity index (χ3n) is 3.56. The summed E-state index contributed by atoms with van der Waals surface area (Å²) in [6.07, 6.45) is 2.34. The highest BCUT2D eigenvalue weighted by Crippen LogP contribution is 2.25. The van der Waals surface area contributed by atoms with Crippen molar-refractivity contribution >= 4 is 28.8 Å². The van der Waals surface area contributed by atoms with Crippen LogP contribution in [0.4, 0.5) is 5.69 Å². The van der Waals surface area contributed by atoms with E-state index in [-0.39, 0.29) is 5.91 Å². The predicted molar refractivity (Wildman–Crippen MR) is 90.5 cm³/mol. The quantitative estimate of drug-likeness (QED) is 0.791. The number of imidazole rings is 1. The molecule has 1 aromatic carbocycles. The lowest BCUT2D eigenvalue weighted by molar-refractivity contribution is 0.102. The van der Waals surface area contributed by atoms with Crippen LogP contribution in [0.5, 0.6) is 5.75 Å². The van der Waals surface area contributed by atoms with E-state index in [1.807, 2.05) is 19.1 Å². The topological polar surface area (TPSA) is 55.6 Å². The zero-order valence-corrected chi connectivity index (χ0v) is 13.6. The molecule has 2 aromatic heterocycles. The summed E-state index contributed by atoms with van der Waals surface area (Å²) < 4.78 is 6.98. The number of aryl methyl sites for hydroxylation is 1. The summed E-state index contributed by atoms with van der Waals surface area (Å²) in [7, 11) is 1.57. The van der Waals surface area contributed by atoms with E-state index >= 15 is 0 Å². The van der Waals surface area contributed by atoms with Crippen molar-refractivity contribution in [3.05, 3.63) is 59.0 Å². The number of amides is 1. The standard InChI is InChI=1S/C17H16ClN3O2/c1-3-12-16(21-10-11(18)8-9-15(21)19-12)17(22)20-13-6-4-5-7-14(13)23-2/h4-10H,3H2,1-2H3,(H,20,22). The highest BCUT2D eigenvalue weighted by atomic mass is 35.5. The number of halogens is 1. The molecule has 0 bridgehead atoms. The molecule has 0 aliphatic heterocycles. The second kappa shape index (κ2) is 6.30. The molecule has 0 spiro atoms. The first-order valence-electron chi connectivity index (χ1n) is 7.25. The van der Waals surface area contributed by atoms with E-state index in [0.717, 1.165) is 5.69 Å². The lowest BCUT2D eigenvalue weighted by Crippen LogP contribution is -2.16. The van der Waals surface area contributed by atoms with Gasteiger partial charge in [-0.05, 0) is 30.7 Å². The minimum atomic E-state index is -0.249. The van der Waals surface area contributed by atoms with Crippen molar-refractivity contribution in [3.8, 4) is 5.75 Å². The fraction of sp³-hybridized carbons (Fsp3) is 0.176. The van der Waals surface area contributed by atoms with Gasteiger partial charge in [0.05, 0.1) is 23.5 Å². The second-order valence-corrected chi connectivity index (χ2v) is 5.43. The molecule has 3 rings (SSSR count). The summed E-state index contributed by atoms with van der Waals surface area (Å²) in [5.41, 5.74) is 2.51. The number of aromatic nitrogens is 2. The number of ether oxygens (including phenoxy) is 1. The second-order valence-electron chi connectivity index (χ2n) is 4.99. The summed E-state index contributed by atoms with van der Waals surface area (Å²) in [4.78, 5) is 17.3. The molecule has 0 aliphatic rings. The SMILES string of the molecule is CCc1nc2ccc(Cl)cn2c1C(=O)Nc1ccccc1OC. The average molecular weight is 330 g/mol. The van der Waals surface area contributed by atoms with E-state index in [9.17, 15) is 4.79 Å². The number of benzene rings is 1. The summed E-state index contributed by atoms with van der Waals surface area (Å²) in [6, 6.07) is 10.8. The molecule has 0 unspecified atom stereocenters. The lowest BCUT2D eigenvalue weighted by atomic mass is 10.2. The number of para-hydroxylation sites is 2.